The lowest BCUT2D eigenvalue weighted by molar-refractivity contribution is 0.415. The smallest absolute Gasteiger partial charge is 0.148 e. The van der Waals surface area contributed by atoms with Crippen LogP contribution in [-0.2, 0) is 0 Å². The van der Waals surface area contributed by atoms with Gasteiger partial charge in [0.15, 0.2) is 0 Å². The minimum Gasteiger partial charge on any atom is -0.497 e. The highest BCUT2D eigenvalue weighted by molar-refractivity contribution is 5.99. The van der Waals surface area contributed by atoms with Crippen molar-refractivity contribution < 1.29 is 4.74 Å². The molecule has 0 aliphatic heterocycles. The topological polar surface area (TPSA) is 105 Å². The van der Waals surface area contributed by atoms with E-state index in [9.17, 15) is 0 Å². The standard InChI is InChI=1S/C20H15N5O/c1-14(15-5-9-19(26-2)10-6-15)24-25-18-7-3-16(4-8-18)20(13-23)17(11-21)12-22/h3-10,25H,1-2H3/b24-14+. The van der Waals surface area contributed by atoms with Crippen LogP contribution in [0.3, 0.4) is 0 Å². The number of rotatable bonds is 5. The van der Waals surface area contributed by atoms with Crippen LogP contribution >= 0.6 is 0 Å². The predicted octanol–water partition coefficient (Wildman–Crippen LogP) is 3.86. The van der Waals surface area contributed by atoms with E-state index < -0.39 is 0 Å². The number of nitrogens with one attached hydrogen (secondary N) is 1. The van der Waals surface area contributed by atoms with Crippen molar-refractivity contribution in [3.63, 3.8) is 0 Å². The average Bonchev–Trinajstić information content (AvgIpc) is 2.70. The molecule has 0 aromatic heterocycles. The predicted molar refractivity (Wildman–Crippen MR) is 99.0 cm³/mol. The molecule has 0 heterocycles. The van der Waals surface area contributed by atoms with Gasteiger partial charge in [0.2, 0.25) is 0 Å². The Kier molecular flexibility index (Phi) is 6.10. The van der Waals surface area contributed by atoms with Crippen LogP contribution in [0.1, 0.15) is 18.1 Å². The second kappa shape index (κ2) is 8.68. The third-order valence-corrected chi connectivity index (χ3v) is 3.62. The highest BCUT2D eigenvalue weighted by Crippen LogP contribution is 2.20. The number of ether oxygens (including phenoxy) is 1. The molecule has 0 atom stereocenters. The Morgan fingerprint density at radius 1 is 0.885 bits per heavy atom. The van der Waals surface area contributed by atoms with Gasteiger partial charge in [-0.3, -0.25) is 5.43 Å². The van der Waals surface area contributed by atoms with Gasteiger partial charge in [0, 0.05) is 0 Å². The zero-order chi connectivity index (χ0) is 18.9. The lowest BCUT2D eigenvalue weighted by Gasteiger charge is -2.06. The highest BCUT2D eigenvalue weighted by atomic mass is 16.5. The van der Waals surface area contributed by atoms with Crippen molar-refractivity contribution in [1.82, 2.24) is 0 Å². The normalized spacial score (nSPS) is 10.0. The van der Waals surface area contributed by atoms with Crippen molar-refractivity contribution in [3.8, 4) is 24.0 Å². The fourth-order valence-electron chi connectivity index (χ4n) is 2.16. The maximum absolute atomic E-state index is 9.16. The molecule has 126 valence electrons. The number of methoxy groups -OCH3 is 1. The van der Waals surface area contributed by atoms with Crippen molar-refractivity contribution in [2.45, 2.75) is 6.92 Å². The van der Waals surface area contributed by atoms with Crippen LogP contribution < -0.4 is 10.2 Å². The number of hydrogen-bond acceptors (Lipinski definition) is 6. The Hall–Kier alpha value is -4.08. The number of nitriles is 3. The Bertz CT molecular complexity index is 949. The van der Waals surface area contributed by atoms with Gasteiger partial charge in [-0.05, 0) is 54.4 Å². The minimum absolute atomic E-state index is 0.0551. The quantitative estimate of drug-likeness (QED) is 0.505. The van der Waals surface area contributed by atoms with Crippen molar-refractivity contribution >= 4 is 17.0 Å². The SMILES string of the molecule is COc1ccc(/C(C)=N/Nc2ccc(C(C#N)=C(C#N)C#N)cc2)cc1. The van der Waals surface area contributed by atoms with Gasteiger partial charge in [0.1, 0.15) is 29.5 Å². The monoisotopic (exact) mass is 341 g/mol. The Balaban J connectivity index is 2.17. The number of benzene rings is 2. The molecule has 0 saturated heterocycles. The summed E-state index contributed by atoms with van der Waals surface area (Å²) in [7, 11) is 1.62. The maximum Gasteiger partial charge on any atom is 0.148 e. The van der Waals surface area contributed by atoms with E-state index in [1.165, 1.54) is 0 Å². The zero-order valence-electron chi connectivity index (χ0n) is 14.3. The van der Waals surface area contributed by atoms with Crippen molar-refractivity contribution in [1.29, 1.82) is 15.8 Å². The first-order chi connectivity index (χ1) is 12.6. The Labute approximate surface area is 151 Å². The van der Waals surface area contributed by atoms with Gasteiger partial charge in [0.05, 0.1) is 24.1 Å². The summed E-state index contributed by atoms with van der Waals surface area (Å²) < 4.78 is 5.13. The van der Waals surface area contributed by atoms with E-state index in [4.69, 9.17) is 20.5 Å². The molecule has 0 radical (unpaired) electrons. The molecule has 0 spiro atoms. The number of nitrogens with zero attached hydrogens (tertiary/aromatic N) is 4. The lowest BCUT2D eigenvalue weighted by atomic mass is 10.0. The van der Waals surface area contributed by atoms with Crippen LogP contribution in [0.5, 0.6) is 5.75 Å². The first-order valence-electron chi connectivity index (χ1n) is 7.62. The van der Waals surface area contributed by atoms with Gasteiger partial charge in [-0.15, -0.1) is 0 Å². The first-order valence-corrected chi connectivity index (χ1v) is 7.62. The van der Waals surface area contributed by atoms with E-state index in [2.05, 4.69) is 10.5 Å². The summed E-state index contributed by atoms with van der Waals surface area (Å²) in [5.74, 6) is 0.778. The summed E-state index contributed by atoms with van der Waals surface area (Å²) in [5.41, 5.74) is 5.76. The van der Waals surface area contributed by atoms with Gasteiger partial charge in [-0.25, -0.2) is 0 Å². The molecular formula is C20H15N5O. The van der Waals surface area contributed by atoms with Gasteiger partial charge < -0.3 is 4.74 Å². The lowest BCUT2D eigenvalue weighted by Crippen LogP contribution is -2.00. The van der Waals surface area contributed by atoms with Crippen molar-refractivity contribution in [3.05, 3.63) is 65.2 Å². The number of hydrogen-bond donors (Lipinski definition) is 1. The van der Waals surface area contributed by atoms with E-state index in [-0.39, 0.29) is 11.1 Å². The van der Waals surface area contributed by atoms with E-state index >= 15 is 0 Å². The third kappa shape index (κ3) is 4.26. The summed E-state index contributed by atoms with van der Waals surface area (Å²) in [6.07, 6.45) is 0. The van der Waals surface area contributed by atoms with E-state index in [1.54, 1.807) is 43.5 Å². The number of allylic oxidation sites excluding steroid dienone is 2. The molecule has 0 fully saturated rings. The molecular weight excluding hydrogens is 326 g/mol. The van der Waals surface area contributed by atoms with Crippen LogP contribution in [0.4, 0.5) is 5.69 Å². The average molecular weight is 341 g/mol. The molecule has 0 bridgehead atoms. The molecule has 0 aliphatic rings. The van der Waals surface area contributed by atoms with Crippen molar-refractivity contribution in [2.24, 2.45) is 5.10 Å². The van der Waals surface area contributed by atoms with Crippen LogP contribution in [0.15, 0.2) is 59.2 Å². The van der Waals surface area contributed by atoms with Crippen molar-refractivity contribution in [2.75, 3.05) is 12.5 Å². The summed E-state index contributed by atoms with van der Waals surface area (Å²) >= 11 is 0. The second-order valence-corrected chi connectivity index (χ2v) is 5.20. The molecule has 2 aromatic carbocycles. The highest BCUT2D eigenvalue weighted by Gasteiger charge is 2.08. The fraction of sp³-hybridized carbons (Fsp3) is 0.100. The minimum atomic E-state index is -0.207. The van der Waals surface area contributed by atoms with Crippen LogP contribution in [0.25, 0.3) is 5.57 Å². The van der Waals surface area contributed by atoms with E-state index in [0.717, 1.165) is 22.7 Å². The first kappa shape index (κ1) is 18.3. The summed E-state index contributed by atoms with van der Waals surface area (Å²) in [6, 6.07) is 19.7. The molecule has 0 saturated carbocycles. The van der Waals surface area contributed by atoms with Gasteiger partial charge >= 0.3 is 0 Å². The number of hydrazone groups is 1. The van der Waals surface area contributed by atoms with E-state index in [1.807, 2.05) is 37.3 Å². The van der Waals surface area contributed by atoms with Gasteiger partial charge in [-0.2, -0.15) is 20.9 Å². The van der Waals surface area contributed by atoms with Crippen LogP contribution in [0.2, 0.25) is 0 Å². The molecule has 0 amide bonds. The summed E-state index contributed by atoms with van der Waals surface area (Å²) in [4.78, 5) is 0. The Morgan fingerprint density at radius 3 is 1.96 bits per heavy atom. The van der Waals surface area contributed by atoms with Gasteiger partial charge in [0.25, 0.3) is 0 Å². The van der Waals surface area contributed by atoms with Crippen LogP contribution in [0, 0.1) is 34.0 Å². The third-order valence-electron chi connectivity index (χ3n) is 3.62. The Morgan fingerprint density at radius 2 is 1.46 bits per heavy atom. The fourth-order valence-corrected chi connectivity index (χ4v) is 2.16. The maximum atomic E-state index is 9.16. The second-order valence-electron chi connectivity index (χ2n) is 5.20. The molecule has 0 unspecified atom stereocenters. The van der Waals surface area contributed by atoms with Crippen LogP contribution in [-0.4, -0.2) is 12.8 Å². The molecule has 2 rings (SSSR count). The summed E-state index contributed by atoms with van der Waals surface area (Å²) in [6.45, 7) is 1.88. The zero-order valence-corrected chi connectivity index (χ0v) is 14.3. The number of anilines is 1. The molecule has 26 heavy (non-hydrogen) atoms. The molecule has 1 N–H and O–H groups in total. The molecule has 6 heteroatoms. The summed E-state index contributed by atoms with van der Waals surface area (Å²) in [5, 5.41) is 31.3. The largest absolute Gasteiger partial charge is 0.497 e. The van der Waals surface area contributed by atoms with Gasteiger partial charge in [-0.1, -0.05) is 12.1 Å². The molecule has 0 aliphatic carbocycles. The van der Waals surface area contributed by atoms with E-state index in [0.29, 0.717) is 5.56 Å². The molecule has 2 aromatic rings. The molecule has 6 nitrogen and oxygen atoms in total.